The van der Waals surface area contributed by atoms with Crippen LogP contribution in [-0.2, 0) is 13.0 Å². The molecule has 2 rings (SSSR count). The largest absolute Gasteiger partial charge is 0.356 e. The minimum absolute atomic E-state index is 0. The van der Waals surface area contributed by atoms with Gasteiger partial charge in [0, 0.05) is 32.2 Å². The Labute approximate surface area is 176 Å². The lowest BCUT2D eigenvalue weighted by Crippen LogP contribution is -2.37. The van der Waals surface area contributed by atoms with Crippen molar-refractivity contribution in [2.75, 3.05) is 20.1 Å². The maximum Gasteiger partial charge on any atom is 0.251 e. The summed E-state index contributed by atoms with van der Waals surface area (Å²) in [5.74, 6) is 0.376. The number of hydrogen-bond acceptors (Lipinski definition) is 2. The Balaban J connectivity index is 0.00000364. The summed E-state index contributed by atoms with van der Waals surface area (Å²) >= 11 is 0. The maximum absolute atomic E-state index is 12.9. The Morgan fingerprint density at radius 1 is 1.04 bits per heavy atom. The van der Waals surface area contributed by atoms with Crippen LogP contribution in [0, 0.1) is 5.82 Å². The highest BCUT2D eigenvalue weighted by molar-refractivity contribution is 14.0. The molecule has 3 N–H and O–H groups in total. The van der Waals surface area contributed by atoms with Gasteiger partial charge in [0.05, 0.1) is 0 Å². The molecule has 5 nitrogen and oxygen atoms in total. The van der Waals surface area contributed by atoms with Crippen LogP contribution in [-0.4, -0.2) is 32.0 Å². The minimum Gasteiger partial charge on any atom is -0.356 e. The van der Waals surface area contributed by atoms with Crippen LogP contribution in [0.3, 0.4) is 0 Å². The van der Waals surface area contributed by atoms with E-state index >= 15 is 0 Å². The quantitative estimate of drug-likeness (QED) is 0.322. The van der Waals surface area contributed by atoms with E-state index in [1.165, 1.54) is 12.1 Å². The van der Waals surface area contributed by atoms with Crippen molar-refractivity contribution in [2.45, 2.75) is 19.9 Å². The first-order valence-electron chi connectivity index (χ1n) is 8.68. The minimum atomic E-state index is -0.228. The zero-order valence-corrected chi connectivity index (χ0v) is 17.9. The van der Waals surface area contributed by atoms with Crippen LogP contribution in [0.15, 0.2) is 53.5 Å². The van der Waals surface area contributed by atoms with Crippen LogP contribution in [0.4, 0.5) is 4.39 Å². The lowest BCUT2D eigenvalue weighted by molar-refractivity contribution is 0.0955. The lowest BCUT2D eigenvalue weighted by atomic mass is 10.1. The van der Waals surface area contributed by atoms with E-state index in [2.05, 4.69) is 20.9 Å². The zero-order chi connectivity index (χ0) is 18.8. The van der Waals surface area contributed by atoms with Gasteiger partial charge in [0.1, 0.15) is 5.82 Å². The molecule has 0 saturated heterocycles. The van der Waals surface area contributed by atoms with E-state index < -0.39 is 0 Å². The molecule has 0 spiro atoms. The third-order valence-corrected chi connectivity index (χ3v) is 3.83. The van der Waals surface area contributed by atoms with Crippen molar-refractivity contribution in [3.63, 3.8) is 0 Å². The van der Waals surface area contributed by atoms with Crippen molar-refractivity contribution < 1.29 is 9.18 Å². The third-order valence-electron chi connectivity index (χ3n) is 3.83. The molecule has 0 aliphatic heterocycles. The van der Waals surface area contributed by atoms with Gasteiger partial charge in [-0.15, -0.1) is 24.0 Å². The molecule has 0 bridgehead atoms. The van der Waals surface area contributed by atoms with Gasteiger partial charge >= 0.3 is 0 Å². The first-order valence-corrected chi connectivity index (χ1v) is 8.68. The summed E-state index contributed by atoms with van der Waals surface area (Å²) in [6, 6.07) is 14.0. The fraction of sp³-hybridized carbons (Fsp3) is 0.300. The smallest absolute Gasteiger partial charge is 0.251 e. The van der Waals surface area contributed by atoms with Gasteiger partial charge in [0.2, 0.25) is 0 Å². The molecule has 7 heteroatoms. The van der Waals surface area contributed by atoms with Crippen molar-refractivity contribution in [2.24, 2.45) is 4.99 Å². The second kappa shape index (κ2) is 12.3. The summed E-state index contributed by atoms with van der Waals surface area (Å²) in [7, 11) is 1.71. The Kier molecular flexibility index (Phi) is 10.4. The van der Waals surface area contributed by atoms with E-state index in [-0.39, 0.29) is 35.7 Å². The number of amides is 1. The van der Waals surface area contributed by atoms with Gasteiger partial charge in [-0.2, -0.15) is 0 Å². The van der Waals surface area contributed by atoms with E-state index in [9.17, 15) is 9.18 Å². The zero-order valence-electron chi connectivity index (χ0n) is 15.6. The van der Waals surface area contributed by atoms with Crippen LogP contribution >= 0.6 is 24.0 Å². The molecule has 2 aromatic carbocycles. The van der Waals surface area contributed by atoms with E-state index in [4.69, 9.17) is 0 Å². The second-order valence-electron chi connectivity index (χ2n) is 5.79. The Morgan fingerprint density at radius 3 is 2.44 bits per heavy atom. The van der Waals surface area contributed by atoms with Crippen molar-refractivity contribution in [1.29, 1.82) is 0 Å². The predicted molar refractivity (Wildman–Crippen MR) is 118 cm³/mol. The maximum atomic E-state index is 12.9. The van der Waals surface area contributed by atoms with Gasteiger partial charge in [-0.25, -0.2) is 4.39 Å². The van der Waals surface area contributed by atoms with Crippen LogP contribution in [0.25, 0.3) is 0 Å². The monoisotopic (exact) mass is 484 g/mol. The van der Waals surface area contributed by atoms with Crippen LogP contribution in [0.2, 0.25) is 0 Å². The fourth-order valence-electron chi connectivity index (χ4n) is 2.47. The average molecular weight is 484 g/mol. The fourth-order valence-corrected chi connectivity index (χ4v) is 2.47. The number of guanidine groups is 1. The topological polar surface area (TPSA) is 65.5 Å². The Morgan fingerprint density at radius 2 is 1.78 bits per heavy atom. The normalized spacial score (nSPS) is 10.7. The van der Waals surface area contributed by atoms with Crippen molar-refractivity contribution in [3.8, 4) is 0 Å². The van der Waals surface area contributed by atoms with Gasteiger partial charge in [-0.1, -0.05) is 24.3 Å². The summed E-state index contributed by atoms with van der Waals surface area (Å²) in [4.78, 5) is 16.1. The van der Waals surface area contributed by atoms with Gasteiger partial charge in [0.25, 0.3) is 5.91 Å². The summed E-state index contributed by atoms with van der Waals surface area (Å²) < 4.78 is 12.9. The SMILES string of the molecule is CCNC(=O)c1cccc(CNC(=NC)NCCc2ccc(F)cc2)c1.I. The second-order valence-corrected chi connectivity index (χ2v) is 5.79. The molecule has 0 unspecified atom stereocenters. The molecule has 0 aliphatic rings. The molecular weight excluding hydrogens is 458 g/mol. The number of benzene rings is 2. The Bertz CT molecular complexity index is 750. The van der Waals surface area contributed by atoms with E-state index in [0.717, 1.165) is 17.5 Å². The van der Waals surface area contributed by atoms with Crippen molar-refractivity contribution in [1.82, 2.24) is 16.0 Å². The van der Waals surface area contributed by atoms with E-state index in [0.29, 0.717) is 31.2 Å². The van der Waals surface area contributed by atoms with E-state index in [1.807, 2.05) is 25.1 Å². The van der Waals surface area contributed by atoms with Crippen LogP contribution < -0.4 is 16.0 Å². The molecule has 2 aromatic rings. The summed E-state index contributed by atoms with van der Waals surface area (Å²) in [5, 5.41) is 9.25. The van der Waals surface area contributed by atoms with Crippen LogP contribution in [0.1, 0.15) is 28.4 Å². The highest BCUT2D eigenvalue weighted by Crippen LogP contribution is 2.05. The Hall–Kier alpha value is -2.16. The molecule has 27 heavy (non-hydrogen) atoms. The lowest BCUT2D eigenvalue weighted by Gasteiger charge is -2.12. The number of nitrogens with one attached hydrogen (secondary N) is 3. The predicted octanol–water partition coefficient (Wildman–Crippen LogP) is 3.10. The number of carbonyl (C=O) groups is 1. The number of halogens is 2. The number of hydrogen-bond donors (Lipinski definition) is 3. The molecule has 0 saturated carbocycles. The first-order chi connectivity index (χ1) is 12.6. The van der Waals surface area contributed by atoms with Crippen molar-refractivity contribution in [3.05, 3.63) is 71.0 Å². The summed E-state index contributed by atoms with van der Waals surface area (Å²) in [5.41, 5.74) is 2.70. The molecule has 146 valence electrons. The number of nitrogens with zero attached hydrogens (tertiary/aromatic N) is 1. The average Bonchev–Trinajstić information content (AvgIpc) is 2.66. The van der Waals surface area contributed by atoms with Gasteiger partial charge in [-0.3, -0.25) is 9.79 Å². The highest BCUT2D eigenvalue weighted by Gasteiger charge is 2.05. The van der Waals surface area contributed by atoms with Crippen LogP contribution in [0.5, 0.6) is 0 Å². The molecule has 0 radical (unpaired) electrons. The molecular formula is C20H26FIN4O. The molecule has 0 heterocycles. The van der Waals surface area contributed by atoms with Gasteiger partial charge in [-0.05, 0) is 48.7 Å². The molecule has 0 aliphatic carbocycles. The molecule has 1 amide bonds. The van der Waals surface area contributed by atoms with Gasteiger partial charge < -0.3 is 16.0 Å². The van der Waals surface area contributed by atoms with E-state index in [1.54, 1.807) is 25.2 Å². The molecule has 0 aromatic heterocycles. The molecule has 0 fully saturated rings. The summed E-state index contributed by atoms with van der Waals surface area (Å²) in [6.45, 7) is 3.74. The standard InChI is InChI=1S/C20H25FN4O.HI/c1-3-23-19(26)17-6-4-5-16(13-17)14-25-20(22-2)24-12-11-15-7-9-18(21)10-8-15;/h4-10,13H,3,11-12,14H2,1-2H3,(H,23,26)(H2,22,24,25);1H. The van der Waals surface area contributed by atoms with Gasteiger partial charge in [0.15, 0.2) is 5.96 Å². The number of rotatable bonds is 7. The highest BCUT2D eigenvalue weighted by atomic mass is 127. The first kappa shape index (κ1) is 22.9. The summed E-state index contributed by atoms with van der Waals surface area (Å²) in [6.07, 6.45) is 0.771. The van der Waals surface area contributed by atoms with Crippen molar-refractivity contribution >= 4 is 35.8 Å². The number of carbonyl (C=O) groups excluding carboxylic acids is 1. The number of aliphatic imine (C=N–C) groups is 1. The third kappa shape index (κ3) is 7.94. The molecule has 0 atom stereocenters.